The quantitative estimate of drug-likeness (QED) is 0.660. The molecule has 1 atom stereocenters. The Morgan fingerprint density at radius 2 is 1.84 bits per heavy atom. The largest absolute Gasteiger partial charge is 0.397 e. The number of carbonyl (C=O) groups is 2. The van der Waals surface area contributed by atoms with Gasteiger partial charge >= 0.3 is 12.0 Å². The molecule has 9 nitrogen and oxygen atoms in total. The molecule has 1 aromatic carbocycles. The lowest BCUT2D eigenvalue weighted by Gasteiger charge is -2.36. The number of ether oxygens (including phenoxy) is 1. The molecule has 0 radical (unpaired) electrons. The Morgan fingerprint density at radius 1 is 1.10 bits per heavy atom. The Morgan fingerprint density at radius 3 is 2.58 bits per heavy atom. The maximum Gasteiger partial charge on any atom is 0.397 e. The third kappa shape index (κ3) is 3.51. The molecule has 164 valence electrons. The van der Waals surface area contributed by atoms with Gasteiger partial charge in [0.1, 0.15) is 5.69 Å². The van der Waals surface area contributed by atoms with E-state index in [0.717, 1.165) is 44.2 Å². The van der Waals surface area contributed by atoms with Gasteiger partial charge in [0, 0.05) is 39.6 Å². The van der Waals surface area contributed by atoms with E-state index in [1.807, 2.05) is 0 Å². The van der Waals surface area contributed by atoms with E-state index in [9.17, 15) is 9.59 Å². The minimum Gasteiger partial charge on any atom is -0.379 e. The summed E-state index contributed by atoms with van der Waals surface area (Å²) in [4.78, 5) is 38.6. The Hall–Kier alpha value is -2.78. The van der Waals surface area contributed by atoms with Crippen molar-refractivity contribution in [2.24, 2.45) is 4.99 Å². The van der Waals surface area contributed by atoms with Gasteiger partial charge in [0.25, 0.3) is 5.91 Å². The summed E-state index contributed by atoms with van der Waals surface area (Å²) in [7, 11) is 1.72. The van der Waals surface area contributed by atoms with Gasteiger partial charge in [-0.25, -0.2) is 14.3 Å². The minimum absolute atomic E-state index is 0.170. The van der Waals surface area contributed by atoms with E-state index in [1.54, 1.807) is 11.9 Å². The Kier molecular flexibility index (Phi) is 5.23. The van der Waals surface area contributed by atoms with Gasteiger partial charge in [-0.1, -0.05) is 22.7 Å². The molecular formula is C22H29N6O3+. The standard InChI is InChI=1S/C22H29N6O3/c1-16-4-6-17(7-5-16)26-8-3-9-27-18-19(23-21(26)27)24(2)22(30)28(20(18)29)11-10-25-12-14-31-15-13-25/h4-7,18H,3,8-15H2,1-2H3/q+1. The average molecular weight is 426 g/mol. The molecule has 5 rings (SSSR count). The van der Waals surface area contributed by atoms with Gasteiger partial charge in [-0.15, -0.1) is 0 Å². The average Bonchev–Trinajstić information content (AvgIpc) is 3.19. The first-order valence-corrected chi connectivity index (χ1v) is 11.0. The second-order valence-electron chi connectivity index (χ2n) is 8.49. The third-order valence-corrected chi connectivity index (χ3v) is 6.50. The van der Waals surface area contributed by atoms with Crippen molar-refractivity contribution in [1.82, 2.24) is 14.7 Å². The molecule has 1 unspecified atom stereocenters. The number of aliphatic imine (C=N–C) groups is 1. The number of hydrogen-bond acceptors (Lipinski definition) is 6. The predicted molar refractivity (Wildman–Crippen MR) is 117 cm³/mol. The molecule has 4 aliphatic heterocycles. The molecule has 31 heavy (non-hydrogen) atoms. The number of likely N-dealkylation sites (N-methyl/N-ethyl adjacent to an activating group) is 1. The molecule has 2 saturated heterocycles. The molecule has 1 aromatic rings. The van der Waals surface area contributed by atoms with Gasteiger partial charge in [-0.2, -0.15) is 0 Å². The topological polar surface area (TPSA) is 71.7 Å². The Bertz CT molecular complexity index is 950. The van der Waals surface area contributed by atoms with Crippen LogP contribution in [0.4, 0.5) is 10.5 Å². The first kappa shape index (κ1) is 20.1. The second-order valence-corrected chi connectivity index (χ2v) is 8.49. The second kappa shape index (κ2) is 8.05. The van der Waals surface area contributed by atoms with E-state index >= 15 is 0 Å². The number of amides is 3. The molecule has 0 aliphatic carbocycles. The van der Waals surface area contributed by atoms with Crippen LogP contribution in [0.15, 0.2) is 29.3 Å². The third-order valence-electron chi connectivity index (χ3n) is 6.50. The Balaban J connectivity index is 1.41. The van der Waals surface area contributed by atoms with E-state index in [-0.39, 0.29) is 11.9 Å². The van der Waals surface area contributed by atoms with E-state index < -0.39 is 6.04 Å². The molecule has 0 aromatic heterocycles. The lowest BCUT2D eigenvalue weighted by molar-refractivity contribution is -0.539. The number of benzene rings is 1. The molecule has 4 aliphatic rings. The highest BCUT2D eigenvalue weighted by atomic mass is 16.5. The molecule has 9 heteroatoms. The smallest absolute Gasteiger partial charge is 0.379 e. The number of imide groups is 1. The number of hydrogen-bond donors (Lipinski definition) is 0. The highest BCUT2D eigenvalue weighted by Gasteiger charge is 2.54. The van der Waals surface area contributed by atoms with Gasteiger partial charge < -0.3 is 4.74 Å². The van der Waals surface area contributed by atoms with Gasteiger partial charge in [-0.3, -0.25) is 19.5 Å². The minimum atomic E-state index is -0.532. The normalized spacial score (nSPS) is 24.5. The van der Waals surface area contributed by atoms with E-state index in [1.165, 1.54) is 10.5 Å². The van der Waals surface area contributed by atoms with Gasteiger partial charge in [0.15, 0.2) is 0 Å². The summed E-state index contributed by atoms with van der Waals surface area (Å²) in [6.45, 7) is 7.76. The molecular weight excluding hydrogens is 396 g/mol. The van der Waals surface area contributed by atoms with Crippen molar-refractivity contribution in [3.8, 4) is 0 Å². The predicted octanol–water partition coefficient (Wildman–Crippen LogP) is 0.581. The van der Waals surface area contributed by atoms with Crippen LogP contribution < -0.4 is 4.90 Å². The number of amidine groups is 1. The number of urea groups is 1. The van der Waals surface area contributed by atoms with E-state index in [2.05, 4.69) is 45.6 Å². The van der Waals surface area contributed by atoms with Crippen LogP contribution in [0.3, 0.4) is 0 Å². The number of anilines is 1. The zero-order valence-corrected chi connectivity index (χ0v) is 18.2. The zero-order valence-electron chi connectivity index (χ0n) is 18.2. The van der Waals surface area contributed by atoms with Crippen molar-refractivity contribution >= 4 is 29.4 Å². The van der Waals surface area contributed by atoms with Gasteiger partial charge in [-0.05, 0) is 19.1 Å². The van der Waals surface area contributed by atoms with Crippen molar-refractivity contribution in [2.45, 2.75) is 19.4 Å². The monoisotopic (exact) mass is 425 g/mol. The molecule has 0 saturated carbocycles. The number of rotatable bonds is 4. The van der Waals surface area contributed by atoms with Crippen LogP contribution in [0.2, 0.25) is 0 Å². The fourth-order valence-electron chi connectivity index (χ4n) is 4.69. The number of fused-ring (bicyclic) bond motifs is 2. The first-order chi connectivity index (χ1) is 15.0. The fourth-order valence-corrected chi connectivity index (χ4v) is 4.69. The first-order valence-electron chi connectivity index (χ1n) is 11.0. The number of carbonyl (C=O) groups excluding carboxylic acids is 2. The number of guanidine groups is 1. The lowest BCUT2D eigenvalue weighted by atomic mass is 10.1. The summed E-state index contributed by atoms with van der Waals surface area (Å²) in [6.07, 6.45) is 0.926. The number of morpholine rings is 1. The Labute approximate surface area is 182 Å². The molecule has 0 N–H and O–H groups in total. The summed E-state index contributed by atoms with van der Waals surface area (Å²) < 4.78 is 7.45. The van der Waals surface area contributed by atoms with E-state index in [4.69, 9.17) is 9.73 Å². The zero-order chi connectivity index (χ0) is 21.5. The van der Waals surface area contributed by atoms with E-state index in [0.29, 0.717) is 32.1 Å². The summed E-state index contributed by atoms with van der Waals surface area (Å²) >= 11 is 0. The SMILES string of the molecule is Cc1ccc(N2CCC[N+]3=C2N=C2C3C(=O)N(CCN3CCOCC3)C(=O)N2C)cc1. The molecule has 0 bridgehead atoms. The van der Waals surface area contributed by atoms with Crippen molar-refractivity contribution in [1.29, 1.82) is 0 Å². The summed E-state index contributed by atoms with van der Waals surface area (Å²) in [5.41, 5.74) is 2.25. The van der Waals surface area contributed by atoms with Crippen LogP contribution in [0.1, 0.15) is 12.0 Å². The highest BCUT2D eigenvalue weighted by molar-refractivity contribution is 6.24. The lowest BCUT2D eigenvalue weighted by Crippen LogP contribution is -2.64. The molecule has 0 spiro atoms. The van der Waals surface area contributed by atoms with Gasteiger partial charge in [0.05, 0.1) is 26.3 Å². The van der Waals surface area contributed by atoms with Crippen LogP contribution in [0, 0.1) is 6.92 Å². The van der Waals surface area contributed by atoms with Crippen molar-refractivity contribution in [2.75, 3.05) is 64.4 Å². The molecule has 3 amide bonds. The molecule has 2 fully saturated rings. The maximum absolute atomic E-state index is 13.5. The number of nitrogens with zero attached hydrogens (tertiary/aromatic N) is 6. The summed E-state index contributed by atoms with van der Waals surface area (Å²) in [6, 6.07) is 7.50. The van der Waals surface area contributed by atoms with Crippen LogP contribution >= 0.6 is 0 Å². The maximum atomic E-state index is 13.5. The van der Waals surface area contributed by atoms with Crippen LogP contribution in [-0.2, 0) is 9.53 Å². The summed E-state index contributed by atoms with van der Waals surface area (Å²) in [5.74, 6) is 1.13. The summed E-state index contributed by atoms with van der Waals surface area (Å²) in [5, 5.41) is 0. The van der Waals surface area contributed by atoms with Crippen LogP contribution in [0.25, 0.3) is 0 Å². The van der Waals surface area contributed by atoms with Crippen molar-refractivity contribution in [3.63, 3.8) is 0 Å². The number of aryl methyl sites for hydroxylation is 1. The van der Waals surface area contributed by atoms with Crippen LogP contribution in [-0.4, -0.2) is 109 Å². The van der Waals surface area contributed by atoms with Crippen molar-refractivity contribution < 1.29 is 18.9 Å². The highest BCUT2D eigenvalue weighted by Crippen LogP contribution is 2.26. The van der Waals surface area contributed by atoms with Gasteiger partial charge in [0.2, 0.25) is 11.9 Å². The fraction of sp³-hybridized carbons (Fsp3) is 0.545. The molecule has 4 heterocycles. The van der Waals surface area contributed by atoms with Crippen molar-refractivity contribution in [3.05, 3.63) is 29.8 Å². The van der Waals surface area contributed by atoms with Crippen LogP contribution in [0.5, 0.6) is 0 Å².